The van der Waals surface area contributed by atoms with Crippen LogP contribution in [0, 0.1) is 0 Å². The highest BCUT2D eigenvalue weighted by Gasteiger charge is 2.27. The van der Waals surface area contributed by atoms with E-state index in [9.17, 15) is 19.2 Å². The number of benzene rings is 2. The molecule has 0 aliphatic carbocycles. The first kappa shape index (κ1) is 22.0. The number of carbonyl (C=O) groups is 4. The summed E-state index contributed by atoms with van der Waals surface area (Å²) in [5, 5.41) is 0. The predicted octanol–water partition coefficient (Wildman–Crippen LogP) is 2.65. The van der Waals surface area contributed by atoms with Crippen LogP contribution < -0.4 is 0 Å². The van der Waals surface area contributed by atoms with Gasteiger partial charge in [0.25, 0.3) is 11.8 Å². The molecule has 1 aliphatic heterocycles. The van der Waals surface area contributed by atoms with Crippen molar-refractivity contribution < 1.29 is 28.3 Å². The van der Waals surface area contributed by atoms with Crippen molar-refractivity contribution in [3.8, 4) is 0 Å². The van der Waals surface area contributed by atoms with Crippen LogP contribution in [0.3, 0.4) is 0 Å². The number of furan rings is 1. The molecule has 2 heterocycles. The minimum atomic E-state index is -0.741. The topological polar surface area (TPSA) is 97.1 Å². The second kappa shape index (κ2) is 9.95. The Morgan fingerprint density at radius 3 is 2.06 bits per heavy atom. The van der Waals surface area contributed by atoms with Gasteiger partial charge in [0.1, 0.15) is 0 Å². The normalized spacial score (nSPS) is 13.5. The maximum absolute atomic E-state index is 12.8. The summed E-state index contributed by atoms with van der Waals surface area (Å²) in [6.07, 6.45) is 1.44. The van der Waals surface area contributed by atoms with E-state index in [4.69, 9.17) is 9.15 Å². The highest BCUT2D eigenvalue weighted by Crippen LogP contribution is 2.16. The molecule has 0 bridgehead atoms. The third kappa shape index (κ3) is 5.01. The van der Waals surface area contributed by atoms with Crippen LogP contribution in [0.1, 0.15) is 36.8 Å². The Morgan fingerprint density at radius 1 is 0.758 bits per heavy atom. The number of amides is 2. The van der Waals surface area contributed by atoms with Gasteiger partial charge in [-0.3, -0.25) is 14.4 Å². The fraction of sp³-hybridized carbons (Fsp3) is 0.200. The van der Waals surface area contributed by atoms with Crippen LogP contribution in [-0.4, -0.2) is 66.2 Å². The van der Waals surface area contributed by atoms with Crippen LogP contribution in [0.25, 0.3) is 0 Å². The number of ether oxygens (including phenoxy) is 1. The average Bonchev–Trinajstić information content (AvgIpc) is 3.42. The van der Waals surface area contributed by atoms with Gasteiger partial charge in [-0.15, -0.1) is 0 Å². The number of piperazine rings is 1. The Labute approximate surface area is 190 Å². The summed E-state index contributed by atoms with van der Waals surface area (Å²) in [5.74, 6) is -1.37. The lowest BCUT2D eigenvalue weighted by molar-refractivity contribution is -0.136. The Hall–Kier alpha value is -4.20. The van der Waals surface area contributed by atoms with Crippen molar-refractivity contribution in [3.63, 3.8) is 0 Å². The van der Waals surface area contributed by atoms with E-state index in [0.717, 1.165) is 0 Å². The Balaban J connectivity index is 1.33. The number of nitrogens with zero attached hydrogens (tertiary/aromatic N) is 2. The van der Waals surface area contributed by atoms with E-state index >= 15 is 0 Å². The van der Waals surface area contributed by atoms with Gasteiger partial charge in [0.05, 0.1) is 11.8 Å². The van der Waals surface area contributed by atoms with Crippen molar-refractivity contribution in [2.75, 3.05) is 32.8 Å². The smallest absolute Gasteiger partial charge is 0.339 e. The van der Waals surface area contributed by atoms with Gasteiger partial charge >= 0.3 is 5.97 Å². The predicted molar refractivity (Wildman–Crippen MR) is 118 cm³/mol. The van der Waals surface area contributed by atoms with E-state index in [-0.39, 0.29) is 34.5 Å². The molecule has 1 aromatic heterocycles. The van der Waals surface area contributed by atoms with Crippen molar-refractivity contribution in [2.24, 2.45) is 0 Å². The highest BCUT2D eigenvalue weighted by molar-refractivity contribution is 6.14. The average molecular weight is 446 g/mol. The molecular weight excluding hydrogens is 424 g/mol. The fourth-order valence-corrected chi connectivity index (χ4v) is 3.62. The molecule has 1 aliphatic rings. The first-order valence-corrected chi connectivity index (χ1v) is 10.5. The van der Waals surface area contributed by atoms with Gasteiger partial charge in [-0.05, 0) is 18.2 Å². The highest BCUT2D eigenvalue weighted by atomic mass is 16.5. The monoisotopic (exact) mass is 446 g/mol. The van der Waals surface area contributed by atoms with E-state index in [1.165, 1.54) is 12.3 Å². The van der Waals surface area contributed by atoms with E-state index in [1.807, 2.05) is 0 Å². The second-order valence-electron chi connectivity index (χ2n) is 7.47. The summed E-state index contributed by atoms with van der Waals surface area (Å²) in [5.41, 5.74) is 0.773. The lowest BCUT2D eigenvalue weighted by atomic mass is 9.98. The number of hydrogen-bond acceptors (Lipinski definition) is 6. The molecule has 0 N–H and O–H groups in total. The first-order valence-electron chi connectivity index (χ1n) is 10.5. The van der Waals surface area contributed by atoms with Gasteiger partial charge < -0.3 is 19.0 Å². The fourth-order valence-electron chi connectivity index (χ4n) is 3.62. The van der Waals surface area contributed by atoms with Crippen LogP contribution in [0.2, 0.25) is 0 Å². The van der Waals surface area contributed by atoms with Crippen LogP contribution in [0.5, 0.6) is 0 Å². The van der Waals surface area contributed by atoms with Gasteiger partial charge in [-0.2, -0.15) is 0 Å². The molecule has 33 heavy (non-hydrogen) atoms. The Kier molecular flexibility index (Phi) is 6.64. The minimum Gasteiger partial charge on any atom is -0.459 e. The van der Waals surface area contributed by atoms with Crippen molar-refractivity contribution >= 4 is 23.6 Å². The lowest BCUT2D eigenvalue weighted by Gasteiger charge is -2.34. The maximum atomic E-state index is 12.8. The number of hydrogen-bond donors (Lipinski definition) is 0. The molecule has 3 aromatic rings. The molecule has 0 atom stereocenters. The molecular formula is C25H22N2O6. The third-order valence-corrected chi connectivity index (χ3v) is 5.41. The van der Waals surface area contributed by atoms with Gasteiger partial charge in [-0.1, -0.05) is 48.5 Å². The SMILES string of the molecule is O=C(OCC(=O)N1CCN(C(=O)c2ccco2)CC1)c1ccccc1C(=O)c1ccccc1. The van der Waals surface area contributed by atoms with Gasteiger partial charge in [0, 0.05) is 37.3 Å². The third-order valence-electron chi connectivity index (χ3n) is 5.41. The minimum absolute atomic E-state index is 0.105. The molecule has 0 spiro atoms. The van der Waals surface area contributed by atoms with Gasteiger partial charge in [0.15, 0.2) is 18.2 Å². The molecule has 168 valence electrons. The first-order chi connectivity index (χ1) is 16.0. The molecule has 8 nitrogen and oxygen atoms in total. The van der Waals surface area contributed by atoms with Crippen LogP contribution in [0.15, 0.2) is 77.4 Å². The van der Waals surface area contributed by atoms with E-state index < -0.39 is 12.6 Å². The molecule has 4 rings (SSSR count). The van der Waals surface area contributed by atoms with Crippen molar-refractivity contribution in [3.05, 3.63) is 95.4 Å². The molecule has 1 saturated heterocycles. The molecule has 0 saturated carbocycles. The van der Waals surface area contributed by atoms with Crippen molar-refractivity contribution in [1.29, 1.82) is 0 Å². The van der Waals surface area contributed by atoms with Gasteiger partial charge in [-0.25, -0.2) is 4.79 Å². The van der Waals surface area contributed by atoms with Gasteiger partial charge in [0.2, 0.25) is 0 Å². The Morgan fingerprint density at radius 2 is 1.39 bits per heavy atom. The molecule has 0 unspecified atom stereocenters. The van der Waals surface area contributed by atoms with E-state index in [2.05, 4.69) is 0 Å². The summed E-state index contributed by atoms with van der Waals surface area (Å²) < 4.78 is 10.4. The summed E-state index contributed by atoms with van der Waals surface area (Å²) in [6, 6.07) is 18.2. The zero-order valence-electron chi connectivity index (χ0n) is 17.8. The molecule has 0 radical (unpaired) electrons. The maximum Gasteiger partial charge on any atom is 0.339 e. The summed E-state index contributed by atoms with van der Waals surface area (Å²) >= 11 is 0. The second-order valence-corrected chi connectivity index (χ2v) is 7.47. The van der Waals surface area contributed by atoms with Crippen LogP contribution in [0.4, 0.5) is 0 Å². The number of esters is 1. The molecule has 2 aromatic carbocycles. The van der Waals surface area contributed by atoms with E-state index in [1.54, 1.807) is 70.5 Å². The zero-order chi connectivity index (χ0) is 23.2. The quantitative estimate of drug-likeness (QED) is 0.427. The lowest BCUT2D eigenvalue weighted by Crippen LogP contribution is -2.51. The Bertz CT molecular complexity index is 1150. The number of rotatable bonds is 6. The standard InChI is InChI=1S/C25H22N2O6/c28-22(26-12-14-27(15-13-26)24(30)21-11-6-16-32-21)17-33-25(31)20-10-5-4-9-19(20)23(29)18-7-2-1-3-8-18/h1-11,16H,12-15,17H2. The molecule has 1 fully saturated rings. The van der Waals surface area contributed by atoms with Crippen LogP contribution in [-0.2, 0) is 9.53 Å². The summed E-state index contributed by atoms with van der Waals surface area (Å²) in [4.78, 5) is 53.5. The molecule has 8 heteroatoms. The molecule has 2 amide bonds. The van der Waals surface area contributed by atoms with Crippen molar-refractivity contribution in [1.82, 2.24) is 9.80 Å². The number of carbonyl (C=O) groups excluding carboxylic acids is 4. The van der Waals surface area contributed by atoms with Crippen LogP contribution >= 0.6 is 0 Å². The number of ketones is 1. The van der Waals surface area contributed by atoms with E-state index in [0.29, 0.717) is 31.7 Å². The summed E-state index contributed by atoms with van der Waals surface area (Å²) in [6.45, 7) is 0.915. The summed E-state index contributed by atoms with van der Waals surface area (Å²) in [7, 11) is 0. The van der Waals surface area contributed by atoms with Crippen molar-refractivity contribution in [2.45, 2.75) is 0 Å². The zero-order valence-corrected chi connectivity index (χ0v) is 17.8. The largest absolute Gasteiger partial charge is 0.459 e.